The number of hydrogen-bond acceptors (Lipinski definition) is 7. The van der Waals surface area contributed by atoms with Crippen LogP contribution in [-0.2, 0) is 28.6 Å². The molecule has 0 spiro atoms. The summed E-state index contributed by atoms with van der Waals surface area (Å²) in [5.41, 5.74) is 0. The highest BCUT2D eigenvalue weighted by Crippen LogP contribution is 2.14. The van der Waals surface area contributed by atoms with E-state index in [2.05, 4.69) is 86.8 Å². The molecule has 2 unspecified atom stereocenters. The second kappa shape index (κ2) is 43.4. The molecule has 8 nitrogen and oxygen atoms in total. The normalized spacial score (nSPS) is 13.5. The predicted octanol–water partition coefficient (Wildman–Crippen LogP) is 12.6. The average Bonchev–Trinajstić information content (AvgIpc) is 3.22. The van der Waals surface area contributed by atoms with Crippen LogP contribution >= 0.6 is 0 Å². The van der Waals surface area contributed by atoms with Gasteiger partial charge in [-0.15, -0.1) is 0 Å². The van der Waals surface area contributed by atoms with Crippen molar-refractivity contribution >= 4 is 17.9 Å². The van der Waals surface area contributed by atoms with Crippen LogP contribution < -0.4 is 5.11 Å². The Hall–Kier alpha value is -3.23. The summed E-state index contributed by atoms with van der Waals surface area (Å²) in [6, 6.07) is -0.738. The lowest BCUT2D eigenvalue weighted by Gasteiger charge is -2.34. The van der Waals surface area contributed by atoms with Crippen LogP contribution in [0.4, 0.5) is 0 Å². The summed E-state index contributed by atoms with van der Waals surface area (Å²) in [7, 11) is 5.39. The first-order chi connectivity index (χ1) is 29.6. The van der Waals surface area contributed by atoms with Crippen molar-refractivity contribution in [3.63, 3.8) is 0 Å². The monoisotopic (exact) mass is 854 g/mol. The van der Waals surface area contributed by atoms with Crippen molar-refractivity contribution in [3.05, 3.63) is 72.9 Å². The number of aliphatic carboxylic acids is 1. The number of carboxylic acids is 1. The van der Waals surface area contributed by atoms with Crippen molar-refractivity contribution in [1.29, 1.82) is 0 Å². The van der Waals surface area contributed by atoms with E-state index in [0.29, 0.717) is 12.8 Å². The zero-order valence-corrected chi connectivity index (χ0v) is 39.8. The summed E-state index contributed by atoms with van der Waals surface area (Å²) in [5, 5.41) is 11.6. The number of unbranched alkanes of at least 4 members (excludes halogenated alkanes) is 18. The molecule has 0 heterocycles. The van der Waals surface area contributed by atoms with Gasteiger partial charge in [0.05, 0.1) is 40.3 Å². The number of nitrogens with zero attached hydrogens (tertiary/aromatic N) is 1. The smallest absolute Gasteiger partial charge is 0.306 e. The Balaban J connectivity index is 4.37. The summed E-state index contributed by atoms with van der Waals surface area (Å²) in [5.74, 6) is -1.81. The first-order valence-electron chi connectivity index (χ1n) is 24.5. The minimum absolute atomic E-state index is 0.0193. The largest absolute Gasteiger partial charge is 0.544 e. The van der Waals surface area contributed by atoms with Gasteiger partial charge in [-0.1, -0.05) is 170 Å². The molecule has 0 bridgehead atoms. The molecule has 0 radical (unpaired) electrons. The summed E-state index contributed by atoms with van der Waals surface area (Å²) in [6.45, 7) is 4.55. The Morgan fingerprint density at radius 3 is 1.46 bits per heavy atom. The minimum atomic E-state index is -1.13. The van der Waals surface area contributed by atoms with Gasteiger partial charge in [0.15, 0.2) is 6.10 Å². The summed E-state index contributed by atoms with van der Waals surface area (Å²) in [4.78, 5) is 37.0. The molecule has 0 aliphatic rings. The Labute approximate surface area is 374 Å². The lowest BCUT2D eigenvalue weighted by Crippen LogP contribution is -2.55. The van der Waals surface area contributed by atoms with Gasteiger partial charge in [-0.05, 0) is 77.0 Å². The van der Waals surface area contributed by atoms with Crippen molar-refractivity contribution in [3.8, 4) is 0 Å². The molecule has 0 amide bonds. The third-order valence-electron chi connectivity index (χ3n) is 10.6. The fourth-order valence-electron chi connectivity index (χ4n) is 6.76. The molecule has 0 aromatic carbocycles. The van der Waals surface area contributed by atoms with E-state index in [1.807, 2.05) is 0 Å². The van der Waals surface area contributed by atoms with E-state index in [4.69, 9.17) is 14.2 Å². The second-order valence-corrected chi connectivity index (χ2v) is 17.4. The van der Waals surface area contributed by atoms with E-state index in [1.54, 1.807) is 21.1 Å². The van der Waals surface area contributed by atoms with Crippen LogP contribution in [0.15, 0.2) is 72.9 Å². The van der Waals surface area contributed by atoms with Gasteiger partial charge < -0.3 is 28.6 Å². The Morgan fingerprint density at radius 1 is 0.508 bits per heavy atom. The number of quaternary nitrogens is 1. The molecule has 8 heteroatoms. The van der Waals surface area contributed by atoms with Crippen molar-refractivity contribution in [2.75, 3.05) is 41.0 Å². The topological polar surface area (TPSA) is 102 Å². The van der Waals surface area contributed by atoms with Crippen LogP contribution in [-0.4, -0.2) is 75.5 Å². The molecule has 0 N–H and O–H groups in total. The van der Waals surface area contributed by atoms with Gasteiger partial charge in [0, 0.05) is 19.3 Å². The van der Waals surface area contributed by atoms with Crippen molar-refractivity contribution in [2.24, 2.45) is 0 Å². The lowest BCUT2D eigenvalue weighted by molar-refractivity contribution is -0.889. The van der Waals surface area contributed by atoms with E-state index in [-0.39, 0.29) is 49.1 Å². The molecular weight excluding hydrogens is 763 g/mol. The van der Waals surface area contributed by atoms with Gasteiger partial charge in [0.2, 0.25) is 0 Å². The van der Waals surface area contributed by atoms with Crippen LogP contribution in [0.2, 0.25) is 0 Å². The second-order valence-electron chi connectivity index (χ2n) is 17.4. The Bertz CT molecular complexity index is 1230. The van der Waals surface area contributed by atoms with Crippen LogP contribution in [0, 0.1) is 0 Å². The highest BCUT2D eigenvalue weighted by atomic mass is 16.6. The van der Waals surface area contributed by atoms with Gasteiger partial charge in [-0.3, -0.25) is 9.59 Å². The summed E-state index contributed by atoms with van der Waals surface area (Å²) >= 11 is 0. The third-order valence-corrected chi connectivity index (χ3v) is 10.6. The molecule has 0 fully saturated rings. The van der Waals surface area contributed by atoms with Gasteiger partial charge in [0.1, 0.15) is 12.6 Å². The van der Waals surface area contributed by atoms with E-state index in [1.165, 1.54) is 103 Å². The van der Waals surface area contributed by atoms with Crippen molar-refractivity contribution in [1.82, 2.24) is 0 Å². The third kappa shape index (κ3) is 41.9. The highest BCUT2D eigenvalue weighted by molar-refractivity contribution is 5.70. The SMILES string of the molecule is CCCCC/C=C/C/C=C/C/C=C/C/C=C/CCCC(=O)OCC(COCCC(C(=O)[O-])[N+](C)(C)C)OC(=O)CCCCCCCCCCCC/C=C/C=C/CCCCCC. The maximum absolute atomic E-state index is 12.8. The molecule has 0 aromatic rings. The van der Waals surface area contributed by atoms with Crippen LogP contribution in [0.5, 0.6) is 0 Å². The number of allylic oxidation sites excluding steroid dienone is 12. The molecule has 350 valence electrons. The maximum atomic E-state index is 12.8. The number of ether oxygens (including phenoxy) is 3. The summed E-state index contributed by atoms with van der Waals surface area (Å²) < 4.78 is 17.2. The van der Waals surface area contributed by atoms with E-state index in [0.717, 1.165) is 51.4 Å². The molecule has 0 saturated carbocycles. The van der Waals surface area contributed by atoms with E-state index in [9.17, 15) is 19.5 Å². The number of hydrogen-bond donors (Lipinski definition) is 0. The molecular formula is C53H91NO7. The number of esters is 2. The first-order valence-corrected chi connectivity index (χ1v) is 24.5. The molecule has 0 saturated heterocycles. The summed E-state index contributed by atoms with van der Waals surface area (Å²) in [6.07, 6.45) is 55.0. The number of rotatable bonds is 43. The lowest BCUT2D eigenvalue weighted by atomic mass is 10.1. The Kier molecular flexibility index (Phi) is 41.1. The van der Waals surface area contributed by atoms with Crippen LogP contribution in [0.1, 0.15) is 194 Å². The van der Waals surface area contributed by atoms with E-state index >= 15 is 0 Å². The fraction of sp³-hybridized carbons (Fsp3) is 0.717. The minimum Gasteiger partial charge on any atom is -0.544 e. The quantitative estimate of drug-likeness (QED) is 0.0198. The zero-order valence-electron chi connectivity index (χ0n) is 39.8. The first kappa shape index (κ1) is 57.8. The Morgan fingerprint density at radius 2 is 0.934 bits per heavy atom. The van der Waals surface area contributed by atoms with Gasteiger partial charge >= 0.3 is 11.9 Å². The highest BCUT2D eigenvalue weighted by Gasteiger charge is 2.25. The van der Waals surface area contributed by atoms with Crippen molar-refractivity contribution in [2.45, 2.75) is 206 Å². The molecule has 2 atom stereocenters. The number of carbonyl (C=O) groups excluding carboxylic acids is 3. The van der Waals surface area contributed by atoms with Gasteiger partial charge in [-0.25, -0.2) is 0 Å². The van der Waals surface area contributed by atoms with Crippen LogP contribution in [0.3, 0.4) is 0 Å². The van der Waals surface area contributed by atoms with Gasteiger partial charge in [-0.2, -0.15) is 0 Å². The number of carbonyl (C=O) groups is 3. The number of carboxylic acid groups (broad SMARTS) is 1. The standard InChI is InChI=1S/C53H91NO7/c1-6-8-10-12-14-16-18-20-22-24-25-26-28-30-32-34-36-38-40-42-44-52(56)61-49(47-59-46-45-50(53(57)58)54(3,4)5)48-60-51(55)43-41-39-37-35-33-31-29-27-23-21-19-17-15-13-11-9-7-2/h15-18,20-23,29,31,35,37,49-50H,6-14,19,24-28,30,32-34,36,38-48H2,1-5H3/b17-15+,18-16+,22-20+,23-21+,31-29+,37-35+. The molecule has 0 aliphatic heterocycles. The average molecular weight is 854 g/mol. The molecule has 0 rings (SSSR count). The van der Waals surface area contributed by atoms with Crippen molar-refractivity contribution < 1.29 is 38.2 Å². The fourth-order valence-corrected chi connectivity index (χ4v) is 6.76. The molecule has 0 aliphatic carbocycles. The predicted molar refractivity (Wildman–Crippen MR) is 254 cm³/mol. The number of likely N-dealkylation sites (N-methyl/N-ethyl adjacent to an activating group) is 1. The maximum Gasteiger partial charge on any atom is 0.306 e. The van der Waals surface area contributed by atoms with Gasteiger partial charge in [0.25, 0.3) is 0 Å². The van der Waals surface area contributed by atoms with Crippen LogP contribution in [0.25, 0.3) is 0 Å². The molecule has 0 aromatic heterocycles. The molecule has 61 heavy (non-hydrogen) atoms. The van der Waals surface area contributed by atoms with E-state index < -0.39 is 18.1 Å². The zero-order chi connectivity index (χ0) is 44.9.